The lowest BCUT2D eigenvalue weighted by atomic mass is 9.95. The average molecular weight is 281 g/mol. The van der Waals surface area contributed by atoms with Gasteiger partial charge in [-0.25, -0.2) is 4.98 Å². The third kappa shape index (κ3) is 2.15. The Bertz CT molecular complexity index is 534. The molecule has 4 nitrogen and oxygen atoms in total. The van der Waals surface area contributed by atoms with Crippen molar-refractivity contribution in [3.63, 3.8) is 0 Å². The van der Waals surface area contributed by atoms with E-state index in [4.69, 9.17) is 5.73 Å². The number of nitrogens with zero attached hydrogens (tertiary/aromatic N) is 1. The molecule has 0 unspecified atom stereocenters. The smallest absolute Gasteiger partial charge is 0.229 e. The van der Waals surface area contributed by atoms with Gasteiger partial charge >= 0.3 is 0 Å². The minimum absolute atomic E-state index is 0.0666. The van der Waals surface area contributed by atoms with Gasteiger partial charge in [0.25, 0.3) is 0 Å². The van der Waals surface area contributed by atoms with Crippen LogP contribution in [0.2, 0.25) is 0 Å². The molecule has 6 heteroatoms. The lowest BCUT2D eigenvalue weighted by Gasteiger charge is -2.16. The van der Waals surface area contributed by atoms with E-state index in [0.29, 0.717) is 17.6 Å². The first-order valence-corrected chi connectivity index (χ1v) is 7.82. The molecule has 0 spiro atoms. The van der Waals surface area contributed by atoms with Gasteiger partial charge in [0.2, 0.25) is 5.91 Å². The summed E-state index contributed by atoms with van der Waals surface area (Å²) in [6.45, 7) is 0.602. The molecule has 1 saturated carbocycles. The second-order valence-electron chi connectivity index (χ2n) is 4.63. The van der Waals surface area contributed by atoms with E-state index < -0.39 is 0 Å². The zero-order chi connectivity index (χ0) is 12.5. The topological polar surface area (TPSA) is 68.0 Å². The fourth-order valence-electron chi connectivity index (χ4n) is 2.58. The van der Waals surface area contributed by atoms with Gasteiger partial charge in [-0.1, -0.05) is 17.8 Å². The molecule has 0 aromatic carbocycles. The molecule has 3 N–H and O–H groups in total. The zero-order valence-corrected chi connectivity index (χ0v) is 11.5. The quantitative estimate of drug-likeness (QED) is 0.909. The highest BCUT2D eigenvalue weighted by Gasteiger charge is 2.32. The molecule has 2 aromatic heterocycles. The van der Waals surface area contributed by atoms with Crippen LogP contribution in [0.3, 0.4) is 0 Å². The predicted molar refractivity (Wildman–Crippen MR) is 76.0 cm³/mol. The molecule has 1 aliphatic carbocycles. The van der Waals surface area contributed by atoms with Gasteiger partial charge in [-0.15, -0.1) is 11.3 Å². The van der Waals surface area contributed by atoms with Crippen LogP contribution in [0.5, 0.6) is 0 Å². The highest BCUT2D eigenvalue weighted by atomic mass is 32.2. The van der Waals surface area contributed by atoms with Crippen molar-refractivity contribution in [1.29, 1.82) is 0 Å². The van der Waals surface area contributed by atoms with Crippen molar-refractivity contribution >= 4 is 43.2 Å². The molecule has 3 rings (SSSR count). The highest BCUT2D eigenvalue weighted by molar-refractivity contribution is 7.39. The van der Waals surface area contributed by atoms with Crippen molar-refractivity contribution < 1.29 is 4.79 Å². The molecule has 0 radical (unpaired) electrons. The Morgan fingerprint density at radius 2 is 2.44 bits per heavy atom. The number of carbonyl (C=O) groups is 1. The lowest BCUT2D eigenvalue weighted by Crippen LogP contribution is -2.29. The summed E-state index contributed by atoms with van der Waals surface area (Å²) in [6.07, 6.45) is 3.13. The summed E-state index contributed by atoms with van der Waals surface area (Å²) in [4.78, 5) is 16.6. The van der Waals surface area contributed by atoms with Gasteiger partial charge in [0.15, 0.2) is 5.13 Å². The number of nitrogens with one attached hydrogen (secondary N) is 1. The Hall–Kier alpha value is -0.980. The maximum atomic E-state index is 12.2. The normalized spacial score (nSPS) is 23.6. The number of aromatic nitrogens is 1. The Labute approximate surface area is 113 Å². The SMILES string of the molecule is NC[C@H]1CCC[C@H]1C(=O)Nc1nc2ccsc2s1. The summed E-state index contributed by atoms with van der Waals surface area (Å²) >= 11 is 3.20. The fraction of sp³-hybridized carbons (Fsp3) is 0.500. The van der Waals surface area contributed by atoms with Crippen molar-refractivity contribution in [2.45, 2.75) is 19.3 Å². The summed E-state index contributed by atoms with van der Waals surface area (Å²) < 4.78 is 1.16. The molecular weight excluding hydrogens is 266 g/mol. The van der Waals surface area contributed by atoms with Crippen molar-refractivity contribution in [3.8, 4) is 0 Å². The van der Waals surface area contributed by atoms with Crippen LogP contribution in [0.1, 0.15) is 19.3 Å². The molecule has 2 heterocycles. The van der Waals surface area contributed by atoms with Crippen molar-refractivity contribution in [2.24, 2.45) is 17.6 Å². The number of thiophene rings is 1. The van der Waals surface area contributed by atoms with Crippen molar-refractivity contribution in [3.05, 3.63) is 11.4 Å². The second kappa shape index (κ2) is 4.95. The number of fused-ring (bicyclic) bond motifs is 1. The number of carbonyl (C=O) groups excluding carboxylic acids is 1. The minimum Gasteiger partial charge on any atom is -0.330 e. The third-order valence-electron chi connectivity index (χ3n) is 3.55. The van der Waals surface area contributed by atoms with E-state index >= 15 is 0 Å². The van der Waals surface area contributed by atoms with E-state index in [2.05, 4.69) is 10.3 Å². The molecule has 0 saturated heterocycles. The third-order valence-corrected chi connectivity index (χ3v) is 5.57. The van der Waals surface area contributed by atoms with E-state index in [-0.39, 0.29) is 11.8 Å². The van der Waals surface area contributed by atoms with Gasteiger partial charge in [-0.3, -0.25) is 4.79 Å². The standard InChI is InChI=1S/C12H15N3OS2/c13-6-7-2-1-3-8(7)10(16)15-12-14-9-4-5-17-11(9)18-12/h4-5,7-8H,1-3,6,13H2,(H,14,15,16)/t7-,8-/m1/s1. The number of thiazole rings is 1. The Morgan fingerprint density at radius 3 is 3.22 bits per heavy atom. The molecule has 96 valence electrons. The predicted octanol–water partition coefficient (Wildman–Crippen LogP) is 2.67. The number of anilines is 1. The number of rotatable bonds is 3. The molecule has 2 atom stereocenters. The van der Waals surface area contributed by atoms with Gasteiger partial charge in [0.05, 0.1) is 5.52 Å². The van der Waals surface area contributed by atoms with Gasteiger partial charge < -0.3 is 11.1 Å². The first kappa shape index (κ1) is 12.1. The van der Waals surface area contributed by atoms with Crippen molar-refractivity contribution in [1.82, 2.24) is 4.98 Å². The van der Waals surface area contributed by atoms with Crippen LogP contribution >= 0.6 is 22.7 Å². The Balaban J connectivity index is 1.72. The molecule has 0 bridgehead atoms. The molecule has 1 fully saturated rings. The van der Waals surface area contributed by atoms with Crippen LogP contribution in [0.25, 0.3) is 9.53 Å². The van der Waals surface area contributed by atoms with Crippen LogP contribution in [0.4, 0.5) is 5.13 Å². The molecule has 1 amide bonds. The fourth-order valence-corrected chi connectivity index (χ4v) is 4.42. The molecular formula is C12H15N3OS2. The molecule has 18 heavy (non-hydrogen) atoms. The summed E-state index contributed by atoms with van der Waals surface area (Å²) in [7, 11) is 0. The summed E-state index contributed by atoms with van der Waals surface area (Å²) in [6, 6.07) is 1.98. The first-order chi connectivity index (χ1) is 8.78. The Kier molecular flexibility index (Phi) is 3.32. The van der Waals surface area contributed by atoms with Gasteiger partial charge in [0, 0.05) is 5.92 Å². The number of nitrogens with two attached hydrogens (primary N) is 1. The molecule has 0 aliphatic heterocycles. The summed E-state index contributed by atoms with van der Waals surface area (Å²) in [5, 5.41) is 5.67. The number of hydrogen-bond donors (Lipinski definition) is 2. The van der Waals surface area contributed by atoms with E-state index in [0.717, 1.165) is 28.8 Å². The van der Waals surface area contributed by atoms with Gasteiger partial charge in [0.1, 0.15) is 4.01 Å². The van der Waals surface area contributed by atoms with Crippen LogP contribution in [-0.4, -0.2) is 17.4 Å². The highest BCUT2D eigenvalue weighted by Crippen LogP contribution is 2.34. The van der Waals surface area contributed by atoms with Gasteiger partial charge in [-0.05, 0) is 36.8 Å². The zero-order valence-electron chi connectivity index (χ0n) is 9.89. The maximum absolute atomic E-state index is 12.2. The minimum atomic E-state index is 0.0666. The van der Waals surface area contributed by atoms with E-state index in [9.17, 15) is 4.79 Å². The van der Waals surface area contributed by atoms with Crippen molar-refractivity contribution in [2.75, 3.05) is 11.9 Å². The van der Waals surface area contributed by atoms with Crippen LogP contribution < -0.4 is 11.1 Å². The second-order valence-corrected chi connectivity index (χ2v) is 6.81. The number of amides is 1. The van der Waals surface area contributed by atoms with Crippen LogP contribution in [0.15, 0.2) is 11.4 Å². The Morgan fingerprint density at radius 1 is 1.56 bits per heavy atom. The largest absolute Gasteiger partial charge is 0.330 e. The molecule has 1 aliphatic rings. The van der Waals surface area contributed by atoms with Crippen LogP contribution in [-0.2, 0) is 4.79 Å². The van der Waals surface area contributed by atoms with E-state index in [1.54, 1.807) is 22.7 Å². The van der Waals surface area contributed by atoms with E-state index in [1.807, 2.05) is 11.4 Å². The molecule has 2 aromatic rings. The van der Waals surface area contributed by atoms with Crippen LogP contribution in [0, 0.1) is 11.8 Å². The average Bonchev–Trinajstić information content (AvgIpc) is 3.02. The monoisotopic (exact) mass is 281 g/mol. The summed E-state index contributed by atoms with van der Waals surface area (Å²) in [5.74, 6) is 0.493. The van der Waals surface area contributed by atoms with Gasteiger partial charge in [-0.2, -0.15) is 0 Å². The maximum Gasteiger partial charge on any atom is 0.229 e. The first-order valence-electron chi connectivity index (χ1n) is 6.13. The van der Waals surface area contributed by atoms with E-state index in [1.165, 1.54) is 0 Å². The number of hydrogen-bond acceptors (Lipinski definition) is 5. The summed E-state index contributed by atoms with van der Waals surface area (Å²) in [5.41, 5.74) is 6.68. The lowest BCUT2D eigenvalue weighted by molar-refractivity contribution is -0.120.